The van der Waals surface area contributed by atoms with Crippen molar-refractivity contribution in [2.24, 2.45) is 0 Å². The molecule has 6 heteroatoms. The first kappa shape index (κ1) is 17.4. The van der Waals surface area contributed by atoms with Gasteiger partial charge in [-0.2, -0.15) is 0 Å². The average molecular weight is 492 g/mol. The Morgan fingerprint density at radius 1 is 0.464 bits per heavy atom. The Bertz CT molecular complexity index is 1210. The van der Waals surface area contributed by atoms with E-state index in [1.54, 1.807) is 12.4 Å². The van der Waals surface area contributed by atoms with Gasteiger partial charge < -0.3 is 0 Å². The van der Waals surface area contributed by atoms with E-state index >= 15 is 0 Å². The molecule has 5 rings (SSSR count). The summed E-state index contributed by atoms with van der Waals surface area (Å²) >= 11 is 6.83. The van der Waals surface area contributed by atoms with Gasteiger partial charge in [0.2, 0.25) is 0 Å². The number of rotatable bonds is 2. The van der Waals surface area contributed by atoms with Crippen LogP contribution >= 0.6 is 31.9 Å². The van der Waals surface area contributed by atoms with Crippen LogP contribution < -0.4 is 0 Å². The summed E-state index contributed by atoms with van der Waals surface area (Å²) in [5.74, 6) is 0. The lowest BCUT2D eigenvalue weighted by Crippen LogP contribution is -1.91. The molecule has 4 aromatic heterocycles. The minimum atomic E-state index is 0.847. The fraction of sp³-hybridized carbons (Fsp3) is 0. The van der Waals surface area contributed by atoms with Crippen molar-refractivity contribution in [1.29, 1.82) is 0 Å². The number of hydrogen-bond acceptors (Lipinski definition) is 4. The van der Waals surface area contributed by atoms with Crippen molar-refractivity contribution >= 4 is 53.7 Å². The quantitative estimate of drug-likeness (QED) is 0.267. The molecule has 28 heavy (non-hydrogen) atoms. The molecule has 0 amide bonds. The van der Waals surface area contributed by atoms with E-state index < -0.39 is 0 Å². The number of pyridine rings is 4. The minimum absolute atomic E-state index is 0.847. The second-order valence-electron chi connectivity index (χ2n) is 6.32. The summed E-state index contributed by atoms with van der Waals surface area (Å²) in [6.45, 7) is 0. The molecule has 0 saturated heterocycles. The van der Waals surface area contributed by atoms with Gasteiger partial charge in [-0.3, -0.25) is 9.97 Å². The van der Waals surface area contributed by atoms with E-state index in [9.17, 15) is 0 Å². The highest BCUT2D eigenvalue weighted by Gasteiger charge is 2.08. The zero-order valence-electron chi connectivity index (χ0n) is 14.5. The molecule has 0 N–H and O–H groups in total. The van der Waals surface area contributed by atoms with Crippen molar-refractivity contribution in [2.75, 3.05) is 0 Å². The summed E-state index contributed by atoms with van der Waals surface area (Å²) in [5.41, 5.74) is 5.24. The molecular weight excluding hydrogens is 480 g/mol. The zero-order chi connectivity index (χ0) is 19.1. The van der Waals surface area contributed by atoms with Crippen LogP contribution in [0.4, 0.5) is 0 Å². The van der Waals surface area contributed by atoms with Gasteiger partial charge in [-0.15, -0.1) is 0 Å². The van der Waals surface area contributed by atoms with Crippen LogP contribution in [-0.4, -0.2) is 19.9 Å². The Morgan fingerprint density at radius 2 is 0.893 bits per heavy atom. The van der Waals surface area contributed by atoms with Crippen molar-refractivity contribution in [2.45, 2.75) is 0 Å². The van der Waals surface area contributed by atoms with Crippen LogP contribution in [0, 0.1) is 0 Å². The Kier molecular flexibility index (Phi) is 4.37. The molecule has 1 aromatic carbocycles. The van der Waals surface area contributed by atoms with E-state index in [0.717, 1.165) is 53.5 Å². The van der Waals surface area contributed by atoms with E-state index in [0.29, 0.717) is 0 Å². The maximum atomic E-state index is 4.79. The summed E-state index contributed by atoms with van der Waals surface area (Å²) in [4.78, 5) is 18.5. The van der Waals surface area contributed by atoms with Crippen LogP contribution in [0.1, 0.15) is 0 Å². The van der Waals surface area contributed by atoms with Gasteiger partial charge >= 0.3 is 0 Å². The number of aromatic nitrogens is 4. The molecule has 0 radical (unpaired) electrons. The highest BCUT2D eigenvalue weighted by molar-refractivity contribution is 9.10. The number of benzene rings is 1. The summed E-state index contributed by atoms with van der Waals surface area (Å²) < 4.78 is 1.90. The monoisotopic (exact) mass is 490 g/mol. The lowest BCUT2D eigenvalue weighted by atomic mass is 10.1. The first-order chi connectivity index (χ1) is 13.7. The minimum Gasteiger partial charge on any atom is -0.253 e. The fourth-order valence-electron chi connectivity index (χ4n) is 3.16. The zero-order valence-corrected chi connectivity index (χ0v) is 17.6. The second-order valence-corrected chi connectivity index (χ2v) is 8.15. The molecule has 0 aliphatic carbocycles. The smallest absolute Gasteiger partial charge is 0.0893 e. The van der Waals surface area contributed by atoms with Crippen LogP contribution in [0.3, 0.4) is 0 Å². The van der Waals surface area contributed by atoms with Crippen molar-refractivity contribution in [3.05, 3.63) is 82.0 Å². The van der Waals surface area contributed by atoms with Crippen molar-refractivity contribution in [3.8, 4) is 22.8 Å². The van der Waals surface area contributed by atoms with E-state index in [4.69, 9.17) is 9.97 Å². The molecule has 4 heterocycles. The van der Waals surface area contributed by atoms with Gasteiger partial charge in [0.25, 0.3) is 0 Å². The largest absolute Gasteiger partial charge is 0.253 e. The molecule has 0 aliphatic rings. The molecule has 0 aliphatic heterocycles. The fourth-order valence-corrected chi connectivity index (χ4v) is 3.63. The van der Waals surface area contributed by atoms with Crippen molar-refractivity contribution in [3.63, 3.8) is 0 Å². The topological polar surface area (TPSA) is 51.6 Å². The second kappa shape index (κ2) is 7.04. The number of fused-ring (bicyclic) bond motifs is 3. The highest BCUT2D eigenvalue weighted by Crippen LogP contribution is 2.28. The van der Waals surface area contributed by atoms with Gasteiger partial charge in [-0.05, 0) is 92.5 Å². The first-order valence-corrected chi connectivity index (χ1v) is 10.2. The normalized spacial score (nSPS) is 11.2. The SMILES string of the molecule is Brc1ccc(-c2ccc3c(ccc4nc(-c5ccc(Br)cn5)ccc43)n2)nc1. The summed E-state index contributed by atoms with van der Waals surface area (Å²) in [6.07, 6.45) is 3.56. The van der Waals surface area contributed by atoms with Gasteiger partial charge in [0.05, 0.1) is 33.8 Å². The van der Waals surface area contributed by atoms with Crippen molar-refractivity contribution in [1.82, 2.24) is 19.9 Å². The van der Waals surface area contributed by atoms with Gasteiger partial charge in [-0.25, -0.2) is 9.97 Å². The maximum absolute atomic E-state index is 4.79. The first-order valence-electron chi connectivity index (χ1n) is 8.62. The Labute approximate surface area is 178 Å². The summed E-state index contributed by atoms with van der Waals surface area (Å²) in [5, 5.41) is 2.14. The lowest BCUT2D eigenvalue weighted by Gasteiger charge is -2.07. The average Bonchev–Trinajstić information content (AvgIpc) is 2.74. The molecule has 0 spiro atoms. The van der Waals surface area contributed by atoms with Gasteiger partial charge in [0.15, 0.2) is 0 Å². The predicted molar refractivity (Wildman–Crippen MR) is 119 cm³/mol. The lowest BCUT2D eigenvalue weighted by molar-refractivity contribution is 1.26. The molecule has 4 nitrogen and oxygen atoms in total. The Balaban J connectivity index is 1.61. The Morgan fingerprint density at radius 3 is 1.29 bits per heavy atom. The van der Waals surface area contributed by atoms with Crippen LogP contribution in [0.25, 0.3) is 44.6 Å². The molecule has 0 bridgehead atoms. The van der Waals surface area contributed by atoms with Gasteiger partial charge in [0.1, 0.15) is 0 Å². The van der Waals surface area contributed by atoms with Crippen LogP contribution in [-0.2, 0) is 0 Å². The number of hydrogen-bond donors (Lipinski definition) is 0. The predicted octanol–water partition coefficient (Wildman–Crippen LogP) is 6.43. The third-order valence-corrected chi connectivity index (χ3v) is 5.46. The molecular formula is C22H12Br2N4. The Hall–Kier alpha value is -2.70. The number of halogens is 2. The molecule has 0 fully saturated rings. The third-order valence-electron chi connectivity index (χ3n) is 4.52. The number of nitrogens with zero attached hydrogens (tertiary/aromatic N) is 4. The van der Waals surface area contributed by atoms with Gasteiger partial charge in [0, 0.05) is 32.1 Å². The van der Waals surface area contributed by atoms with Crippen LogP contribution in [0.15, 0.2) is 82.0 Å². The molecule has 0 saturated carbocycles. The molecule has 134 valence electrons. The summed E-state index contributed by atoms with van der Waals surface area (Å²) in [6, 6.07) is 20.0. The van der Waals surface area contributed by atoms with Crippen LogP contribution in [0.5, 0.6) is 0 Å². The van der Waals surface area contributed by atoms with E-state index in [2.05, 4.69) is 54.0 Å². The molecule has 0 unspecified atom stereocenters. The van der Waals surface area contributed by atoms with Gasteiger partial charge in [-0.1, -0.05) is 0 Å². The molecule has 0 atom stereocenters. The van der Waals surface area contributed by atoms with E-state index in [1.807, 2.05) is 48.5 Å². The maximum Gasteiger partial charge on any atom is 0.0893 e. The van der Waals surface area contributed by atoms with E-state index in [1.165, 1.54) is 0 Å². The summed E-state index contributed by atoms with van der Waals surface area (Å²) in [7, 11) is 0. The standard InChI is InChI=1S/C22H12Br2N4/c23-13-1-5-19(25-11-13)21-7-3-15-16-4-8-22(20-6-2-14(24)12-26-20)28-18(16)10-9-17(15)27-21/h1-12H. The van der Waals surface area contributed by atoms with E-state index in [-0.39, 0.29) is 0 Å². The van der Waals surface area contributed by atoms with Crippen molar-refractivity contribution < 1.29 is 0 Å². The van der Waals surface area contributed by atoms with Crippen LogP contribution in [0.2, 0.25) is 0 Å². The highest BCUT2D eigenvalue weighted by atomic mass is 79.9. The third kappa shape index (κ3) is 3.19. The molecule has 5 aromatic rings.